The summed E-state index contributed by atoms with van der Waals surface area (Å²) in [5, 5.41) is 5.07. The molecule has 11 heteroatoms. The van der Waals surface area contributed by atoms with Crippen LogP contribution in [0.25, 0.3) is 0 Å². The molecule has 3 rings (SSSR count). The van der Waals surface area contributed by atoms with Gasteiger partial charge >= 0.3 is 6.03 Å². The number of ether oxygens (including phenoxy) is 1. The molecule has 3 amide bonds. The van der Waals surface area contributed by atoms with Crippen LogP contribution in [0.2, 0.25) is 0 Å². The Hall–Kier alpha value is -3.47. The van der Waals surface area contributed by atoms with Crippen LogP contribution in [-0.4, -0.2) is 46.6 Å². The van der Waals surface area contributed by atoms with Crippen LogP contribution >= 0.6 is 0 Å². The largest absolute Gasteiger partial charge is 0.497 e. The first-order chi connectivity index (χ1) is 15.7. The molecular formula is C22H29N5O5S. The molecule has 5 N–H and O–H groups in total. The lowest BCUT2D eigenvalue weighted by molar-refractivity contribution is -0.117. The second-order valence-corrected chi connectivity index (χ2v) is 9.46. The molecule has 2 aromatic carbocycles. The Morgan fingerprint density at radius 2 is 1.73 bits per heavy atom. The number of sulfonamides is 1. The average molecular weight is 476 g/mol. The summed E-state index contributed by atoms with van der Waals surface area (Å²) in [5.41, 5.74) is 6.55. The quantitative estimate of drug-likeness (QED) is 0.462. The molecule has 0 aromatic heterocycles. The maximum absolute atomic E-state index is 13.0. The number of hydrogen-bond acceptors (Lipinski definition) is 6. The molecule has 1 aliphatic heterocycles. The molecule has 1 fully saturated rings. The van der Waals surface area contributed by atoms with Crippen LogP contribution in [0.15, 0.2) is 47.4 Å². The number of urea groups is 1. The van der Waals surface area contributed by atoms with E-state index >= 15 is 0 Å². The number of amides is 3. The van der Waals surface area contributed by atoms with Gasteiger partial charge in [0.05, 0.1) is 23.4 Å². The zero-order valence-electron chi connectivity index (χ0n) is 18.6. The lowest BCUT2D eigenvalue weighted by atomic mass is 10.1. The number of benzene rings is 2. The van der Waals surface area contributed by atoms with Gasteiger partial charge in [0.2, 0.25) is 5.91 Å². The Kier molecular flexibility index (Phi) is 7.64. The fourth-order valence-electron chi connectivity index (χ4n) is 3.59. The van der Waals surface area contributed by atoms with Gasteiger partial charge in [-0.3, -0.25) is 9.52 Å². The second kappa shape index (κ2) is 10.4. The first kappa shape index (κ1) is 24.2. The van der Waals surface area contributed by atoms with Gasteiger partial charge < -0.3 is 26.0 Å². The monoisotopic (exact) mass is 475 g/mol. The maximum Gasteiger partial charge on any atom is 0.312 e. The van der Waals surface area contributed by atoms with Crippen molar-refractivity contribution in [2.24, 2.45) is 5.73 Å². The van der Waals surface area contributed by atoms with E-state index in [1.807, 2.05) is 0 Å². The molecule has 0 spiro atoms. The van der Waals surface area contributed by atoms with Crippen LogP contribution in [0, 0.1) is 0 Å². The van der Waals surface area contributed by atoms with E-state index in [0.717, 1.165) is 38.0 Å². The van der Waals surface area contributed by atoms with E-state index in [0.29, 0.717) is 17.1 Å². The van der Waals surface area contributed by atoms with Crippen LogP contribution in [0.4, 0.5) is 21.9 Å². The Labute approximate surface area is 193 Å². The topological polar surface area (TPSA) is 143 Å². The van der Waals surface area contributed by atoms with Gasteiger partial charge in [-0.15, -0.1) is 0 Å². The van der Waals surface area contributed by atoms with Crippen molar-refractivity contribution in [2.75, 3.05) is 35.1 Å². The minimum absolute atomic E-state index is 0.00936. The number of rotatable bonds is 8. The molecule has 33 heavy (non-hydrogen) atoms. The summed E-state index contributed by atoms with van der Waals surface area (Å²) in [4.78, 5) is 25.8. The van der Waals surface area contributed by atoms with Crippen LogP contribution in [0.3, 0.4) is 0 Å². The molecule has 1 aliphatic rings. The van der Waals surface area contributed by atoms with Gasteiger partial charge in [-0.1, -0.05) is 0 Å². The highest BCUT2D eigenvalue weighted by atomic mass is 32.2. The number of hydrogen-bond donors (Lipinski definition) is 4. The molecule has 0 saturated carbocycles. The van der Waals surface area contributed by atoms with Crippen LogP contribution in [0.5, 0.6) is 5.75 Å². The zero-order chi connectivity index (χ0) is 24.0. The average Bonchev–Trinajstić information content (AvgIpc) is 2.79. The van der Waals surface area contributed by atoms with Gasteiger partial charge in [0.25, 0.3) is 10.0 Å². The summed E-state index contributed by atoms with van der Waals surface area (Å²) in [5.74, 6) is 0.0947. The third-order valence-electron chi connectivity index (χ3n) is 5.33. The first-order valence-electron chi connectivity index (χ1n) is 10.6. The summed E-state index contributed by atoms with van der Waals surface area (Å²) in [6.07, 6.45) is 3.13. The number of methoxy groups -OCH3 is 1. The lowest BCUT2D eigenvalue weighted by Gasteiger charge is -2.31. The molecule has 10 nitrogen and oxygen atoms in total. The van der Waals surface area contributed by atoms with Gasteiger partial charge in [-0.2, -0.15) is 0 Å². The number of anilines is 3. The van der Waals surface area contributed by atoms with Crippen molar-refractivity contribution in [3.8, 4) is 5.75 Å². The number of nitrogens with zero attached hydrogens (tertiary/aromatic N) is 1. The van der Waals surface area contributed by atoms with Gasteiger partial charge in [0, 0.05) is 18.8 Å². The molecule has 178 valence electrons. The van der Waals surface area contributed by atoms with Gasteiger partial charge in [0.1, 0.15) is 11.8 Å². The van der Waals surface area contributed by atoms with E-state index in [2.05, 4.69) is 20.3 Å². The minimum atomic E-state index is -3.93. The molecule has 1 saturated heterocycles. The molecule has 0 bridgehead atoms. The molecule has 2 aromatic rings. The van der Waals surface area contributed by atoms with Crippen LogP contribution < -0.4 is 30.7 Å². The number of piperidine rings is 1. The fourth-order valence-corrected chi connectivity index (χ4v) is 4.67. The summed E-state index contributed by atoms with van der Waals surface area (Å²) in [7, 11) is -2.40. The van der Waals surface area contributed by atoms with Gasteiger partial charge in [-0.25, -0.2) is 13.2 Å². The smallest absolute Gasteiger partial charge is 0.312 e. The van der Waals surface area contributed by atoms with Crippen molar-refractivity contribution in [1.82, 2.24) is 5.32 Å². The molecule has 1 atom stereocenters. The van der Waals surface area contributed by atoms with E-state index in [1.54, 1.807) is 30.3 Å². The second-order valence-electron chi connectivity index (χ2n) is 7.78. The minimum Gasteiger partial charge on any atom is -0.497 e. The molecule has 0 radical (unpaired) electrons. The zero-order valence-corrected chi connectivity index (χ0v) is 19.4. The van der Waals surface area contributed by atoms with Crippen molar-refractivity contribution in [3.63, 3.8) is 0 Å². The number of primary amides is 1. The number of carbonyl (C=O) groups excluding carboxylic acids is 2. The van der Waals surface area contributed by atoms with E-state index in [9.17, 15) is 18.0 Å². The summed E-state index contributed by atoms with van der Waals surface area (Å²) >= 11 is 0. The number of nitrogens with two attached hydrogens (primary N) is 1. The predicted octanol–water partition coefficient (Wildman–Crippen LogP) is 2.48. The summed E-state index contributed by atoms with van der Waals surface area (Å²) in [6, 6.07) is 9.39. The molecule has 0 aliphatic carbocycles. The highest BCUT2D eigenvalue weighted by molar-refractivity contribution is 7.92. The van der Waals surface area contributed by atoms with Crippen LogP contribution in [-0.2, 0) is 14.8 Å². The predicted molar refractivity (Wildman–Crippen MR) is 127 cm³/mol. The Morgan fingerprint density at radius 1 is 1.06 bits per heavy atom. The van der Waals surface area contributed by atoms with Crippen LogP contribution in [0.1, 0.15) is 26.2 Å². The van der Waals surface area contributed by atoms with Gasteiger partial charge in [-0.05, 0) is 68.7 Å². The van der Waals surface area contributed by atoms with Crippen molar-refractivity contribution in [2.45, 2.75) is 37.1 Å². The standard InChI is InChI=1S/C22H29N5O5S/c1-15(24-22(23)29)21(28)25-19-14-18(10-11-20(19)27-12-4-3-5-13-27)33(30,31)26-16-6-8-17(32-2)9-7-16/h6-11,14-15,26H,3-5,12-13H2,1-2H3,(H,25,28)(H3,23,24,29)/t15-/m0/s1. The highest BCUT2D eigenvalue weighted by Crippen LogP contribution is 2.32. The van der Waals surface area contributed by atoms with Crippen molar-refractivity contribution < 1.29 is 22.7 Å². The first-order valence-corrected chi connectivity index (χ1v) is 12.1. The Bertz CT molecular complexity index is 1100. The number of nitrogens with one attached hydrogen (secondary N) is 3. The Morgan fingerprint density at radius 3 is 2.33 bits per heavy atom. The fraction of sp³-hybridized carbons (Fsp3) is 0.364. The third-order valence-corrected chi connectivity index (χ3v) is 6.71. The maximum atomic E-state index is 13.0. The van der Waals surface area contributed by atoms with E-state index in [1.165, 1.54) is 26.2 Å². The molecule has 1 heterocycles. The molecule has 0 unspecified atom stereocenters. The van der Waals surface area contributed by atoms with Crippen molar-refractivity contribution >= 4 is 39.0 Å². The van der Waals surface area contributed by atoms with E-state index in [-0.39, 0.29) is 4.90 Å². The SMILES string of the molecule is COc1ccc(NS(=O)(=O)c2ccc(N3CCCCC3)c(NC(=O)[C@H](C)NC(N)=O)c2)cc1. The number of carbonyl (C=O) groups is 2. The summed E-state index contributed by atoms with van der Waals surface area (Å²) < 4.78 is 33.7. The normalized spacial score (nSPS) is 14.8. The van der Waals surface area contributed by atoms with Crippen molar-refractivity contribution in [1.29, 1.82) is 0 Å². The lowest BCUT2D eigenvalue weighted by Crippen LogP contribution is -2.44. The molecular weight excluding hydrogens is 446 g/mol. The highest BCUT2D eigenvalue weighted by Gasteiger charge is 2.23. The van der Waals surface area contributed by atoms with E-state index < -0.39 is 28.0 Å². The van der Waals surface area contributed by atoms with E-state index in [4.69, 9.17) is 10.5 Å². The third kappa shape index (κ3) is 6.28. The summed E-state index contributed by atoms with van der Waals surface area (Å²) in [6.45, 7) is 3.09. The van der Waals surface area contributed by atoms with Gasteiger partial charge in [0.15, 0.2) is 0 Å². The van der Waals surface area contributed by atoms with Crippen molar-refractivity contribution in [3.05, 3.63) is 42.5 Å². The Balaban J connectivity index is 1.90.